The second kappa shape index (κ2) is 5.67. The van der Waals surface area contributed by atoms with Gasteiger partial charge in [0.25, 0.3) is 5.91 Å². The third-order valence-corrected chi connectivity index (χ3v) is 2.59. The van der Waals surface area contributed by atoms with Gasteiger partial charge in [0, 0.05) is 11.1 Å². The van der Waals surface area contributed by atoms with E-state index in [-0.39, 0.29) is 5.56 Å². The Kier molecular flexibility index (Phi) is 3.97. The van der Waals surface area contributed by atoms with Gasteiger partial charge >= 0.3 is 0 Å². The lowest BCUT2D eigenvalue weighted by Crippen LogP contribution is -2.30. The van der Waals surface area contributed by atoms with Crippen molar-refractivity contribution in [2.75, 3.05) is 5.43 Å². The van der Waals surface area contributed by atoms with Crippen molar-refractivity contribution in [2.24, 2.45) is 0 Å². The quantitative estimate of drug-likeness (QED) is 0.848. The van der Waals surface area contributed by atoms with Crippen molar-refractivity contribution in [3.63, 3.8) is 0 Å². The van der Waals surface area contributed by atoms with E-state index >= 15 is 0 Å². The monoisotopic (exact) mass is 282 g/mol. The Labute approximate surface area is 113 Å². The van der Waals surface area contributed by atoms with E-state index in [9.17, 15) is 13.6 Å². The van der Waals surface area contributed by atoms with Crippen LogP contribution in [0.2, 0.25) is 5.02 Å². The predicted molar refractivity (Wildman–Crippen MR) is 68.9 cm³/mol. The second-order valence-electron chi connectivity index (χ2n) is 3.71. The summed E-state index contributed by atoms with van der Waals surface area (Å²) in [7, 11) is 0. The van der Waals surface area contributed by atoms with Crippen LogP contribution >= 0.6 is 11.6 Å². The number of hydrazine groups is 1. The Bertz CT molecular complexity index is 602. The van der Waals surface area contributed by atoms with Crippen LogP contribution in [0.5, 0.6) is 0 Å². The van der Waals surface area contributed by atoms with Gasteiger partial charge in [-0.05, 0) is 36.4 Å². The van der Waals surface area contributed by atoms with Gasteiger partial charge in [-0.3, -0.25) is 15.6 Å². The third-order valence-electron chi connectivity index (χ3n) is 2.34. The Hall–Kier alpha value is -2.14. The normalized spacial score (nSPS) is 10.1. The molecule has 0 aromatic heterocycles. The van der Waals surface area contributed by atoms with Gasteiger partial charge in [0.1, 0.15) is 11.6 Å². The number of amides is 1. The average Bonchev–Trinajstić information content (AvgIpc) is 2.37. The van der Waals surface area contributed by atoms with E-state index in [0.29, 0.717) is 16.8 Å². The molecule has 0 aliphatic heterocycles. The Balaban J connectivity index is 2.03. The van der Waals surface area contributed by atoms with Crippen molar-refractivity contribution in [3.05, 3.63) is 64.7 Å². The highest BCUT2D eigenvalue weighted by atomic mass is 35.5. The van der Waals surface area contributed by atoms with Crippen molar-refractivity contribution in [1.29, 1.82) is 0 Å². The summed E-state index contributed by atoms with van der Waals surface area (Å²) in [6.45, 7) is 0. The van der Waals surface area contributed by atoms with Crippen LogP contribution in [-0.2, 0) is 0 Å². The van der Waals surface area contributed by atoms with Gasteiger partial charge in [-0.1, -0.05) is 11.6 Å². The number of carbonyl (C=O) groups is 1. The van der Waals surface area contributed by atoms with E-state index in [2.05, 4.69) is 10.9 Å². The maximum absolute atomic E-state index is 13.3. The molecular weight excluding hydrogens is 274 g/mol. The highest BCUT2D eigenvalue weighted by molar-refractivity contribution is 6.30. The first-order valence-electron chi connectivity index (χ1n) is 5.33. The van der Waals surface area contributed by atoms with Crippen molar-refractivity contribution < 1.29 is 13.6 Å². The molecule has 98 valence electrons. The number of anilines is 1. The molecule has 0 aliphatic rings. The van der Waals surface area contributed by atoms with Gasteiger partial charge in [0.2, 0.25) is 0 Å². The molecule has 0 atom stereocenters. The summed E-state index contributed by atoms with van der Waals surface area (Å²) in [5.74, 6) is -2.36. The zero-order chi connectivity index (χ0) is 13.8. The molecule has 2 N–H and O–H groups in total. The van der Waals surface area contributed by atoms with Gasteiger partial charge < -0.3 is 0 Å². The predicted octanol–water partition coefficient (Wildman–Crippen LogP) is 3.38. The molecule has 0 heterocycles. The standard InChI is InChI=1S/C13H9ClF2N2O/c14-8-1-4-10(5-2-8)17-18-13(19)11-6-3-9(15)7-12(11)16/h1-7,17H,(H,18,19). The summed E-state index contributed by atoms with van der Waals surface area (Å²) in [6, 6.07) is 9.29. The summed E-state index contributed by atoms with van der Waals surface area (Å²) >= 11 is 5.71. The van der Waals surface area contributed by atoms with Gasteiger partial charge in [-0.25, -0.2) is 8.78 Å². The van der Waals surface area contributed by atoms with E-state index < -0.39 is 17.5 Å². The van der Waals surface area contributed by atoms with E-state index in [1.807, 2.05) is 0 Å². The van der Waals surface area contributed by atoms with E-state index in [1.165, 1.54) is 0 Å². The molecule has 2 rings (SSSR count). The fourth-order valence-electron chi connectivity index (χ4n) is 1.40. The first-order valence-corrected chi connectivity index (χ1v) is 5.71. The molecular formula is C13H9ClF2N2O. The topological polar surface area (TPSA) is 41.1 Å². The lowest BCUT2D eigenvalue weighted by Gasteiger charge is -2.09. The fraction of sp³-hybridized carbons (Fsp3) is 0. The zero-order valence-electron chi connectivity index (χ0n) is 9.58. The molecule has 2 aromatic carbocycles. The van der Waals surface area contributed by atoms with E-state index in [0.717, 1.165) is 12.1 Å². The zero-order valence-corrected chi connectivity index (χ0v) is 10.3. The lowest BCUT2D eigenvalue weighted by molar-refractivity contribution is 0.0958. The molecule has 1 amide bonds. The molecule has 0 fully saturated rings. The van der Waals surface area contributed by atoms with Gasteiger partial charge in [0.15, 0.2) is 0 Å². The fourth-order valence-corrected chi connectivity index (χ4v) is 1.53. The average molecular weight is 283 g/mol. The summed E-state index contributed by atoms with van der Waals surface area (Å²) < 4.78 is 26.0. The molecule has 19 heavy (non-hydrogen) atoms. The summed E-state index contributed by atoms with van der Waals surface area (Å²) in [5.41, 5.74) is 5.23. The van der Waals surface area contributed by atoms with Crippen LogP contribution in [0, 0.1) is 11.6 Å². The highest BCUT2D eigenvalue weighted by Gasteiger charge is 2.11. The minimum atomic E-state index is -0.921. The first kappa shape index (κ1) is 13.3. The number of hydrogen-bond acceptors (Lipinski definition) is 2. The Morgan fingerprint density at radius 1 is 1.05 bits per heavy atom. The number of nitrogens with one attached hydrogen (secondary N) is 2. The minimum Gasteiger partial charge on any atom is -0.298 e. The number of halogens is 3. The van der Waals surface area contributed by atoms with Gasteiger partial charge in [0.05, 0.1) is 11.3 Å². The molecule has 0 bridgehead atoms. The van der Waals surface area contributed by atoms with Crippen LogP contribution in [0.4, 0.5) is 14.5 Å². The van der Waals surface area contributed by atoms with E-state index in [1.54, 1.807) is 24.3 Å². The minimum absolute atomic E-state index is 0.247. The van der Waals surface area contributed by atoms with Crippen molar-refractivity contribution in [1.82, 2.24) is 5.43 Å². The molecule has 6 heteroatoms. The number of benzene rings is 2. The lowest BCUT2D eigenvalue weighted by atomic mass is 10.2. The molecule has 3 nitrogen and oxygen atoms in total. The number of rotatable bonds is 3. The summed E-state index contributed by atoms with van der Waals surface area (Å²) in [4.78, 5) is 11.7. The van der Waals surface area contributed by atoms with E-state index in [4.69, 9.17) is 11.6 Å². The molecule has 0 saturated carbocycles. The maximum Gasteiger partial charge on any atom is 0.272 e. The molecule has 0 radical (unpaired) electrons. The van der Waals surface area contributed by atoms with Gasteiger partial charge in [-0.2, -0.15) is 0 Å². The van der Waals surface area contributed by atoms with Crippen LogP contribution in [0.1, 0.15) is 10.4 Å². The van der Waals surface area contributed by atoms with Crippen LogP contribution in [0.25, 0.3) is 0 Å². The largest absolute Gasteiger partial charge is 0.298 e. The first-order chi connectivity index (χ1) is 9.06. The molecule has 0 unspecified atom stereocenters. The molecule has 0 aliphatic carbocycles. The Morgan fingerprint density at radius 2 is 1.74 bits per heavy atom. The van der Waals surface area contributed by atoms with Crippen LogP contribution in [0.3, 0.4) is 0 Å². The van der Waals surface area contributed by atoms with Crippen molar-refractivity contribution >= 4 is 23.2 Å². The SMILES string of the molecule is O=C(NNc1ccc(Cl)cc1)c1ccc(F)cc1F. The molecule has 0 spiro atoms. The van der Waals surface area contributed by atoms with Crippen LogP contribution in [0.15, 0.2) is 42.5 Å². The number of carbonyl (C=O) groups excluding carboxylic acids is 1. The summed E-state index contributed by atoms with van der Waals surface area (Å²) in [5, 5.41) is 0.557. The van der Waals surface area contributed by atoms with Crippen LogP contribution < -0.4 is 10.9 Å². The van der Waals surface area contributed by atoms with Crippen molar-refractivity contribution in [2.45, 2.75) is 0 Å². The summed E-state index contributed by atoms with van der Waals surface area (Å²) in [6.07, 6.45) is 0. The van der Waals surface area contributed by atoms with Crippen LogP contribution in [-0.4, -0.2) is 5.91 Å². The third kappa shape index (κ3) is 3.42. The highest BCUT2D eigenvalue weighted by Crippen LogP contribution is 2.13. The maximum atomic E-state index is 13.3. The number of hydrogen-bond donors (Lipinski definition) is 2. The van der Waals surface area contributed by atoms with Gasteiger partial charge in [-0.15, -0.1) is 0 Å². The second-order valence-corrected chi connectivity index (χ2v) is 4.15. The smallest absolute Gasteiger partial charge is 0.272 e. The van der Waals surface area contributed by atoms with Crippen molar-refractivity contribution in [3.8, 4) is 0 Å². The molecule has 2 aromatic rings. The molecule has 0 saturated heterocycles. The Morgan fingerprint density at radius 3 is 2.37 bits per heavy atom.